The highest BCUT2D eigenvalue weighted by Crippen LogP contribution is 2.58. The molecule has 0 spiro atoms. The molecule has 1 aliphatic heterocycles. The number of benzene rings is 2. The van der Waals surface area contributed by atoms with Gasteiger partial charge in [0.15, 0.2) is 16.4 Å². The highest BCUT2D eigenvalue weighted by atomic mass is 32.1. The van der Waals surface area contributed by atoms with Crippen LogP contribution in [0.5, 0.6) is 0 Å². The standard InChI is InChI=1S/C18H15F2N3OS/c1-11-4-2-3-5-13(11)16-18(24-16,9-23-17(25)21-10-22-23)12-6-7-14(19)15(20)8-12/h2-8,10,16H,9H2,1H3,(H,21,22,25)/t16-,18-/m1/s1. The fraction of sp³-hybridized carbons (Fsp3) is 0.222. The lowest BCUT2D eigenvalue weighted by Crippen LogP contribution is -2.20. The largest absolute Gasteiger partial charge is 0.354 e. The average molecular weight is 359 g/mol. The number of aryl methyl sites for hydroxylation is 1. The van der Waals surface area contributed by atoms with Gasteiger partial charge in [0, 0.05) is 0 Å². The van der Waals surface area contributed by atoms with Crippen molar-refractivity contribution < 1.29 is 13.5 Å². The highest BCUT2D eigenvalue weighted by molar-refractivity contribution is 7.71. The molecule has 4 nitrogen and oxygen atoms in total. The number of nitrogens with one attached hydrogen (secondary N) is 1. The third kappa shape index (κ3) is 2.69. The second-order valence-electron chi connectivity index (χ2n) is 6.12. The number of aromatic amines is 1. The molecule has 1 aromatic heterocycles. The molecule has 1 fully saturated rings. The maximum absolute atomic E-state index is 13.8. The van der Waals surface area contributed by atoms with E-state index in [4.69, 9.17) is 17.0 Å². The lowest BCUT2D eigenvalue weighted by atomic mass is 9.90. The van der Waals surface area contributed by atoms with Gasteiger partial charge >= 0.3 is 0 Å². The molecule has 1 N–H and O–H groups in total. The zero-order valence-electron chi connectivity index (χ0n) is 13.4. The number of rotatable bonds is 4. The van der Waals surface area contributed by atoms with Crippen LogP contribution in [0.1, 0.15) is 22.8 Å². The summed E-state index contributed by atoms with van der Waals surface area (Å²) in [5, 5.41) is 4.17. The molecule has 128 valence electrons. The lowest BCUT2D eigenvalue weighted by molar-refractivity contribution is 0.260. The molecule has 0 saturated carbocycles. The van der Waals surface area contributed by atoms with Crippen molar-refractivity contribution in [2.75, 3.05) is 0 Å². The van der Waals surface area contributed by atoms with Crippen LogP contribution < -0.4 is 0 Å². The number of nitrogens with zero attached hydrogens (tertiary/aromatic N) is 2. The molecule has 2 heterocycles. The van der Waals surface area contributed by atoms with Crippen LogP contribution in [0.25, 0.3) is 0 Å². The minimum absolute atomic E-state index is 0.280. The van der Waals surface area contributed by atoms with Crippen LogP contribution in [-0.4, -0.2) is 14.8 Å². The molecule has 4 rings (SSSR count). The van der Waals surface area contributed by atoms with E-state index in [0.717, 1.165) is 17.2 Å². The van der Waals surface area contributed by atoms with Crippen molar-refractivity contribution in [3.8, 4) is 0 Å². The first-order valence-corrected chi connectivity index (χ1v) is 8.21. The first-order valence-electron chi connectivity index (χ1n) is 7.80. The second-order valence-corrected chi connectivity index (χ2v) is 6.51. The second kappa shape index (κ2) is 5.86. The highest BCUT2D eigenvalue weighted by Gasteiger charge is 2.59. The number of ether oxygens (including phenoxy) is 1. The Balaban J connectivity index is 1.80. The molecule has 1 saturated heterocycles. The van der Waals surface area contributed by atoms with Gasteiger partial charge in [0.25, 0.3) is 0 Å². The summed E-state index contributed by atoms with van der Waals surface area (Å²) in [4.78, 5) is 2.83. The monoisotopic (exact) mass is 359 g/mol. The van der Waals surface area contributed by atoms with Gasteiger partial charge in [0.05, 0.1) is 6.54 Å². The van der Waals surface area contributed by atoms with Crippen molar-refractivity contribution in [3.05, 3.63) is 81.9 Å². The van der Waals surface area contributed by atoms with E-state index >= 15 is 0 Å². The Labute approximate surface area is 148 Å². The number of epoxide rings is 1. The zero-order chi connectivity index (χ0) is 17.6. The summed E-state index contributed by atoms with van der Waals surface area (Å²) in [7, 11) is 0. The van der Waals surface area contributed by atoms with E-state index in [1.807, 2.05) is 31.2 Å². The molecular formula is C18H15F2N3OS. The summed E-state index contributed by atoms with van der Waals surface area (Å²) in [6.07, 6.45) is 1.21. The van der Waals surface area contributed by atoms with Gasteiger partial charge in [-0.2, -0.15) is 5.10 Å². The number of H-pyrrole nitrogens is 1. The van der Waals surface area contributed by atoms with Gasteiger partial charge in [-0.3, -0.25) is 0 Å². The lowest BCUT2D eigenvalue weighted by Gasteiger charge is -2.15. The molecule has 0 bridgehead atoms. The average Bonchev–Trinajstić information content (AvgIpc) is 3.18. The van der Waals surface area contributed by atoms with Gasteiger partial charge in [0.1, 0.15) is 18.0 Å². The van der Waals surface area contributed by atoms with Gasteiger partial charge in [-0.15, -0.1) is 0 Å². The summed E-state index contributed by atoms with van der Waals surface area (Å²) in [5.41, 5.74) is 1.80. The van der Waals surface area contributed by atoms with Crippen LogP contribution in [0, 0.1) is 23.3 Å². The minimum Gasteiger partial charge on any atom is -0.354 e. The molecule has 2 aromatic carbocycles. The fourth-order valence-electron chi connectivity index (χ4n) is 3.18. The summed E-state index contributed by atoms with van der Waals surface area (Å²) in [6, 6.07) is 11.7. The van der Waals surface area contributed by atoms with Gasteiger partial charge in [-0.1, -0.05) is 30.3 Å². The number of aromatic nitrogens is 3. The van der Waals surface area contributed by atoms with E-state index in [0.29, 0.717) is 16.9 Å². The topological polar surface area (TPSA) is 46.1 Å². The third-order valence-electron chi connectivity index (χ3n) is 4.58. The molecule has 7 heteroatoms. The molecule has 0 unspecified atom stereocenters. The van der Waals surface area contributed by atoms with E-state index in [1.54, 1.807) is 10.7 Å². The Kier molecular flexibility index (Phi) is 3.77. The Bertz CT molecular complexity index is 1000. The van der Waals surface area contributed by atoms with Crippen molar-refractivity contribution >= 4 is 12.2 Å². The van der Waals surface area contributed by atoms with Crippen molar-refractivity contribution in [1.82, 2.24) is 14.8 Å². The SMILES string of the molecule is Cc1ccccc1[C@H]1O[C@]1(Cn1nc[nH]c1=S)c1ccc(F)c(F)c1. The molecule has 25 heavy (non-hydrogen) atoms. The van der Waals surface area contributed by atoms with E-state index in [-0.39, 0.29) is 6.10 Å². The van der Waals surface area contributed by atoms with Crippen LogP contribution in [0.3, 0.4) is 0 Å². The predicted octanol–water partition coefficient (Wildman–Crippen LogP) is 4.19. The Morgan fingerprint density at radius 2 is 2.04 bits per heavy atom. The van der Waals surface area contributed by atoms with Crippen LogP contribution in [0.15, 0.2) is 48.8 Å². The van der Waals surface area contributed by atoms with E-state index in [2.05, 4.69) is 10.1 Å². The zero-order valence-corrected chi connectivity index (χ0v) is 14.2. The Morgan fingerprint density at radius 1 is 1.24 bits per heavy atom. The van der Waals surface area contributed by atoms with Crippen molar-refractivity contribution in [1.29, 1.82) is 0 Å². The van der Waals surface area contributed by atoms with Gasteiger partial charge in [-0.05, 0) is 48.0 Å². The molecule has 0 aliphatic carbocycles. The van der Waals surface area contributed by atoms with Crippen molar-refractivity contribution in [2.45, 2.75) is 25.2 Å². The number of hydrogen-bond donors (Lipinski definition) is 1. The quantitative estimate of drug-likeness (QED) is 0.561. The fourth-order valence-corrected chi connectivity index (χ4v) is 3.34. The first kappa shape index (κ1) is 16.1. The van der Waals surface area contributed by atoms with Crippen LogP contribution in [0.2, 0.25) is 0 Å². The maximum atomic E-state index is 13.8. The normalized spacial score (nSPS) is 22.1. The number of halogens is 2. The van der Waals surface area contributed by atoms with Crippen molar-refractivity contribution in [2.24, 2.45) is 0 Å². The van der Waals surface area contributed by atoms with Crippen LogP contribution in [0.4, 0.5) is 8.78 Å². The summed E-state index contributed by atoms with van der Waals surface area (Å²) < 4.78 is 35.3. The van der Waals surface area contributed by atoms with Gasteiger partial charge in [-0.25, -0.2) is 13.5 Å². The molecule has 0 amide bonds. The first-order chi connectivity index (χ1) is 12.0. The minimum atomic E-state index is -0.901. The molecule has 0 radical (unpaired) electrons. The molecule has 1 aliphatic rings. The third-order valence-corrected chi connectivity index (χ3v) is 4.91. The predicted molar refractivity (Wildman–Crippen MR) is 90.5 cm³/mol. The molecular weight excluding hydrogens is 344 g/mol. The van der Waals surface area contributed by atoms with Crippen molar-refractivity contribution in [3.63, 3.8) is 0 Å². The van der Waals surface area contributed by atoms with Crippen LogP contribution >= 0.6 is 12.2 Å². The molecule has 2 atom stereocenters. The van der Waals surface area contributed by atoms with E-state index in [9.17, 15) is 8.78 Å². The van der Waals surface area contributed by atoms with Gasteiger partial charge in [0.2, 0.25) is 0 Å². The molecule has 3 aromatic rings. The summed E-state index contributed by atoms with van der Waals surface area (Å²) >= 11 is 5.21. The van der Waals surface area contributed by atoms with E-state index in [1.165, 1.54) is 12.4 Å². The summed E-state index contributed by atoms with van der Waals surface area (Å²) in [5.74, 6) is -1.79. The van der Waals surface area contributed by atoms with Crippen LogP contribution in [-0.2, 0) is 16.9 Å². The Morgan fingerprint density at radius 3 is 2.72 bits per heavy atom. The smallest absolute Gasteiger partial charge is 0.195 e. The van der Waals surface area contributed by atoms with Gasteiger partial charge < -0.3 is 9.72 Å². The Hall–Kier alpha value is -2.38. The maximum Gasteiger partial charge on any atom is 0.195 e. The summed E-state index contributed by atoms with van der Waals surface area (Å²) in [6.45, 7) is 2.30. The van der Waals surface area contributed by atoms with E-state index < -0.39 is 17.2 Å². The number of hydrogen-bond acceptors (Lipinski definition) is 3.